The Labute approximate surface area is 146 Å². The molecule has 0 unspecified atom stereocenters. The van der Waals surface area contributed by atoms with Crippen LogP contribution < -0.4 is 14.8 Å². The van der Waals surface area contributed by atoms with Gasteiger partial charge in [-0.25, -0.2) is 0 Å². The quantitative estimate of drug-likeness (QED) is 0.842. The number of hydrogen-bond donors (Lipinski definition) is 1. The average Bonchev–Trinajstić information content (AvgIpc) is 3.08. The number of benzene rings is 1. The molecule has 1 aromatic rings. The molecule has 0 radical (unpaired) electrons. The van der Waals surface area contributed by atoms with Crippen molar-refractivity contribution in [3.05, 3.63) is 22.2 Å². The van der Waals surface area contributed by atoms with Crippen LogP contribution in [0.5, 0.6) is 11.5 Å². The van der Waals surface area contributed by atoms with Crippen molar-refractivity contribution in [2.24, 2.45) is 5.41 Å². The van der Waals surface area contributed by atoms with Crippen molar-refractivity contribution >= 4 is 28.3 Å². The summed E-state index contributed by atoms with van der Waals surface area (Å²) in [5.74, 6) is 1.71. The molecule has 22 heavy (non-hydrogen) atoms. The molecule has 1 spiro atoms. The number of ether oxygens (including phenoxy) is 2. The van der Waals surface area contributed by atoms with Gasteiger partial charge in [-0.3, -0.25) is 4.90 Å². The maximum atomic E-state index is 5.52. The first-order valence-electron chi connectivity index (χ1n) is 7.75. The highest BCUT2D eigenvalue weighted by Crippen LogP contribution is 2.42. The summed E-state index contributed by atoms with van der Waals surface area (Å²) in [6, 6.07) is 4.29. The van der Waals surface area contributed by atoms with Crippen LogP contribution in [0, 0.1) is 5.41 Å². The predicted molar refractivity (Wildman–Crippen MR) is 91.9 cm³/mol. The van der Waals surface area contributed by atoms with Gasteiger partial charge in [0.15, 0.2) is 11.5 Å². The number of rotatable bonds is 2. The van der Waals surface area contributed by atoms with Gasteiger partial charge in [0.1, 0.15) is 0 Å². The van der Waals surface area contributed by atoms with Gasteiger partial charge in [0.05, 0.1) is 4.47 Å². The molecule has 2 saturated heterocycles. The minimum Gasteiger partial charge on any atom is -0.454 e. The third-order valence-corrected chi connectivity index (χ3v) is 5.66. The second kappa shape index (κ2) is 6.56. The zero-order valence-electron chi connectivity index (χ0n) is 12.6. The Morgan fingerprint density at radius 1 is 1.18 bits per heavy atom. The first kappa shape index (κ1) is 16.4. The van der Waals surface area contributed by atoms with Crippen molar-refractivity contribution in [2.45, 2.75) is 25.8 Å². The average molecular weight is 390 g/mol. The molecule has 4 rings (SSSR count). The van der Waals surface area contributed by atoms with Gasteiger partial charge in [-0.05, 0) is 77.9 Å². The lowest BCUT2D eigenvalue weighted by Crippen LogP contribution is -2.38. The number of halogens is 2. The van der Waals surface area contributed by atoms with Crippen LogP contribution in [0.25, 0.3) is 0 Å². The molecule has 1 N–H and O–H groups in total. The summed E-state index contributed by atoms with van der Waals surface area (Å²) in [6.45, 7) is 6.15. The molecule has 122 valence electrons. The van der Waals surface area contributed by atoms with Gasteiger partial charge in [-0.2, -0.15) is 0 Å². The fourth-order valence-corrected chi connectivity index (χ4v) is 4.50. The third kappa shape index (κ3) is 3.09. The summed E-state index contributed by atoms with van der Waals surface area (Å²) in [4.78, 5) is 2.59. The maximum absolute atomic E-state index is 5.52. The lowest BCUT2D eigenvalue weighted by atomic mass is 9.78. The molecule has 0 aromatic heterocycles. The molecule has 2 fully saturated rings. The zero-order valence-corrected chi connectivity index (χ0v) is 15.0. The van der Waals surface area contributed by atoms with E-state index in [0.717, 1.165) is 22.5 Å². The number of nitrogens with one attached hydrogen (secondary N) is 1. The molecule has 1 aromatic carbocycles. The maximum Gasteiger partial charge on any atom is 0.231 e. The number of fused-ring (bicyclic) bond motifs is 1. The standard InChI is InChI=1S/C16H21BrN2O2.ClH/c17-13-7-12(8-14-15(13)21-11-20-14)9-19-6-3-16(10-19)1-4-18-5-2-16;/h7-8,18H,1-6,9-11H2;1H. The number of nitrogens with zero attached hydrogens (tertiary/aromatic N) is 1. The lowest BCUT2D eigenvalue weighted by Gasteiger charge is -2.34. The van der Waals surface area contributed by atoms with E-state index in [2.05, 4.69) is 38.3 Å². The van der Waals surface area contributed by atoms with Crippen molar-refractivity contribution in [3.63, 3.8) is 0 Å². The molecule has 6 heteroatoms. The Hall–Kier alpha value is -0.490. The van der Waals surface area contributed by atoms with Gasteiger partial charge in [-0.15, -0.1) is 12.4 Å². The molecule has 0 aliphatic carbocycles. The van der Waals surface area contributed by atoms with Crippen LogP contribution in [-0.2, 0) is 6.54 Å². The molecule has 0 bridgehead atoms. The number of hydrogen-bond acceptors (Lipinski definition) is 4. The van der Waals surface area contributed by atoms with E-state index in [1.165, 1.54) is 51.0 Å². The van der Waals surface area contributed by atoms with Crippen LogP contribution in [0.1, 0.15) is 24.8 Å². The fourth-order valence-electron chi connectivity index (χ4n) is 3.90. The van der Waals surface area contributed by atoms with Gasteiger partial charge in [0.25, 0.3) is 0 Å². The smallest absolute Gasteiger partial charge is 0.231 e. The lowest BCUT2D eigenvalue weighted by molar-refractivity contribution is 0.173. The van der Waals surface area contributed by atoms with Gasteiger partial charge >= 0.3 is 0 Å². The van der Waals surface area contributed by atoms with E-state index in [1.54, 1.807) is 0 Å². The molecule has 3 heterocycles. The summed E-state index contributed by atoms with van der Waals surface area (Å²) < 4.78 is 12.0. The van der Waals surface area contributed by atoms with E-state index < -0.39 is 0 Å². The van der Waals surface area contributed by atoms with Gasteiger partial charge in [0.2, 0.25) is 6.79 Å². The number of piperidine rings is 1. The Balaban J connectivity index is 0.00000144. The molecule has 0 amide bonds. The summed E-state index contributed by atoms with van der Waals surface area (Å²) in [5.41, 5.74) is 1.87. The first-order chi connectivity index (χ1) is 10.2. The van der Waals surface area contributed by atoms with Crippen molar-refractivity contribution in [2.75, 3.05) is 33.0 Å². The summed E-state index contributed by atoms with van der Waals surface area (Å²) in [7, 11) is 0. The van der Waals surface area contributed by atoms with E-state index in [-0.39, 0.29) is 12.4 Å². The highest BCUT2D eigenvalue weighted by molar-refractivity contribution is 9.10. The second-order valence-electron chi connectivity index (χ2n) is 6.52. The van der Waals surface area contributed by atoms with Crippen molar-refractivity contribution in [1.82, 2.24) is 10.2 Å². The third-order valence-electron chi connectivity index (χ3n) is 5.07. The van der Waals surface area contributed by atoms with Crippen molar-refractivity contribution in [3.8, 4) is 11.5 Å². The monoisotopic (exact) mass is 388 g/mol. The van der Waals surface area contributed by atoms with Crippen LogP contribution in [0.2, 0.25) is 0 Å². The minimum absolute atomic E-state index is 0. The topological polar surface area (TPSA) is 33.7 Å². The van der Waals surface area contributed by atoms with Crippen LogP contribution in [0.15, 0.2) is 16.6 Å². The summed E-state index contributed by atoms with van der Waals surface area (Å²) in [5, 5.41) is 3.48. The SMILES string of the molecule is Brc1cc(CN2CCC3(CCNCC3)C2)cc2c1OCO2.Cl. The van der Waals surface area contributed by atoms with Crippen LogP contribution in [0.4, 0.5) is 0 Å². The van der Waals surface area contributed by atoms with Crippen molar-refractivity contribution < 1.29 is 9.47 Å². The Morgan fingerprint density at radius 2 is 2.00 bits per heavy atom. The zero-order chi connectivity index (χ0) is 14.3. The van der Waals surface area contributed by atoms with Crippen molar-refractivity contribution in [1.29, 1.82) is 0 Å². The first-order valence-corrected chi connectivity index (χ1v) is 8.55. The fraction of sp³-hybridized carbons (Fsp3) is 0.625. The highest BCUT2D eigenvalue weighted by Gasteiger charge is 2.38. The van der Waals surface area contributed by atoms with Crippen LogP contribution >= 0.6 is 28.3 Å². The molecular weight excluding hydrogens is 368 g/mol. The Bertz CT molecular complexity index is 549. The largest absolute Gasteiger partial charge is 0.454 e. The van der Waals surface area contributed by atoms with Gasteiger partial charge < -0.3 is 14.8 Å². The molecule has 4 nitrogen and oxygen atoms in total. The molecule has 0 saturated carbocycles. The Morgan fingerprint density at radius 3 is 2.82 bits per heavy atom. The minimum atomic E-state index is 0. The summed E-state index contributed by atoms with van der Waals surface area (Å²) >= 11 is 3.59. The van der Waals surface area contributed by atoms with Crippen LogP contribution in [-0.4, -0.2) is 37.9 Å². The normalized spacial score (nSPS) is 22.8. The van der Waals surface area contributed by atoms with E-state index in [9.17, 15) is 0 Å². The van der Waals surface area contributed by atoms with Gasteiger partial charge in [0, 0.05) is 13.1 Å². The molecular formula is C16H22BrClN2O2. The molecule has 0 atom stereocenters. The summed E-state index contributed by atoms with van der Waals surface area (Å²) in [6.07, 6.45) is 4.00. The highest BCUT2D eigenvalue weighted by atomic mass is 79.9. The Kier molecular flexibility index (Phi) is 4.88. The number of likely N-dealkylation sites (tertiary alicyclic amines) is 1. The van der Waals surface area contributed by atoms with Crippen LogP contribution in [0.3, 0.4) is 0 Å². The molecule has 3 aliphatic heterocycles. The van der Waals surface area contributed by atoms with Gasteiger partial charge in [-0.1, -0.05) is 0 Å². The van der Waals surface area contributed by atoms with E-state index in [1.807, 2.05) is 0 Å². The van der Waals surface area contributed by atoms with E-state index >= 15 is 0 Å². The van der Waals surface area contributed by atoms with E-state index in [0.29, 0.717) is 12.2 Å². The second-order valence-corrected chi connectivity index (χ2v) is 7.38. The van der Waals surface area contributed by atoms with E-state index in [4.69, 9.17) is 9.47 Å². The predicted octanol–water partition coefficient (Wildman–Crippen LogP) is 3.18. The molecule has 3 aliphatic rings.